The third kappa shape index (κ3) is 5.03. The van der Waals surface area contributed by atoms with Crippen molar-refractivity contribution in [2.75, 3.05) is 0 Å². The molecule has 1 aliphatic rings. The third-order valence-corrected chi connectivity index (χ3v) is 5.25. The predicted molar refractivity (Wildman–Crippen MR) is 118 cm³/mol. The Bertz CT molecular complexity index is 1010. The van der Waals surface area contributed by atoms with E-state index in [9.17, 15) is 15.0 Å². The molecule has 0 bridgehead atoms. The number of hydrogen-bond acceptors (Lipinski definition) is 4. The molecule has 1 aliphatic heterocycles. The fourth-order valence-corrected chi connectivity index (χ4v) is 3.57. The van der Waals surface area contributed by atoms with Gasteiger partial charge in [0.25, 0.3) is 5.75 Å². The molecule has 0 amide bonds. The van der Waals surface area contributed by atoms with Crippen LogP contribution in [-0.2, 0) is 6.42 Å². The maximum Gasteiger partial charge on any atom is 0.257 e. The number of carbonyl (C=O) groups excluding carboxylic acids is 1. The number of allylic oxidation sites excluding steroid dienone is 4. The number of phenolic OH excluding ortho intramolecular Hbond substituents is 2. The number of benzene rings is 2. The molecule has 0 radical (unpaired) electrons. The Morgan fingerprint density at radius 1 is 1.17 bits per heavy atom. The first-order chi connectivity index (χ1) is 14.2. The molecule has 2 aromatic carbocycles. The number of hydrogen-bond donors (Lipinski definition) is 2. The van der Waals surface area contributed by atoms with E-state index in [1.165, 1.54) is 17.2 Å². The molecule has 0 fully saturated rings. The van der Waals surface area contributed by atoms with Gasteiger partial charge >= 0.3 is 0 Å². The fraction of sp³-hybridized carbons (Fsp3) is 0.320. The fourth-order valence-electron chi connectivity index (χ4n) is 3.57. The lowest BCUT2D eigenvalue weighted by molar-refractivity contribution is 0.0845. The van der Waals surface area contributed by atoms with Gasteiger partial charge < -0.3 is 20.1 Å². The van der Waals surface area contributed by atoms with Crippen molar-refractivity contribution in [3.8, 4) is 23.0 Å². The standard InChI is InChI=1S/C25H28O5/c1-15(2)5-4-6-16(3)7-8-17-11-18(9-10-20(17)27)23-14-22(29)25-21(28)12-19(26)13-24(25)30-23/h5,7,9-13,23,26-28H,4,6,8,14H2,1-3H3/p+1/b16-7+/t23-/m0/s1. The predicted octanol–water partition coefficient (Wildman–Crippen LogP) is 5.48. The van der Waals surface area contributed by atoms with Crippen molar-refractivity contribution >= 4 is 5.78 Å². The molecule has 4 N–H and O–H groups in total. The van der Waals surface area contributed by atoms with Crippen LogP contribution in [0.4, 0.5) is 0 Å². The van der Waals surface area contributed by atoms with Crippen LogP contribution in [0, 0.1) is 0 Å². The van der Waals surface area contributed by atoms with Crippen molar-refractivity contribution in [2.24, 2.45) is 0 Å². The lowest BCUT2D eigenvalue weighted by Crippen LogP contribution is -2.20. The Morgan fingerprint density at radius 2 is 1.93 bits per heavy atom. The summed E-state index contributed by atoms with van der Waals surface area (Å²) in [5.74, 6) is -0.0320. The van der Waals surface area contributed by atoms with Crippen LogP contribution in [0.15, 0.2) is 53.6 Å². The van der Waals surface area contributed by atoms with Gasteiger partial charge in [0.05, 0.1) is 12.0 Å². The van der Waals surface area contributed by atoms with Crippen LogP contribution in [0.25, 0.3) is 0 Å². The van der Waals surface area contributed by atoms with Crippen LogP contribution >= 0.6 is 0 Å². The number of ether oxygens (including phenoxy) is 1. The zero-order chi connectivity index (χ0) is 21.8. The topological polar surface area (TPSA) is 89.7 Å². The van der Waals surface area contributed by atoms with Crippen molar-refractivity contribution in [1.29, 1.82) is 0 Å². The minimum atomic E-state index is -0.520. The maximum atomic E-state index is 12.5. The normalized spacial score (nSPS) is 16.0. The average molecular weight is 410 g/mol. The lowest BCUT2D eigenvalue weighted by Gasteiger charge is -2.26. The summed E-state index contributed by atoms with van der Waals surface area (Å²) in [7, 11) is 0. The largest absolute Gasteiger partial charge is 0.593 e. The van der Waals surface area contributed by atoms with Crippen molar-refractivity contribution < 1.29 is 24.9 Å². The molecular weight excluding hydrogens is 380 g/mol. The molecule has 0 spiro atoms. The second-order valence-corrected chi connectivity index (χ2v) is 8.06. The highest BCUT2D eigenvalue weighted by molar-refractivity contribution is 6.02. The Hall–Kier alpha value is -3.21. The second kappa shape index (κ2) is 9.08. The Balaban J connectivity index is 1.78. The first-order valence-electron chi connectivity index (χ1n) is 10.1. The molecule has 158 valence electrons. The van der Waals surface area contributed by atoms with Crippen molar-refractivity contribution in [2.45, 2.75) is 52.6 Å². The van der Waals surface area contributed by atoms with Crippen LogP contribution in [0.3, 0.4) is 0 Å². The van der Waals surface area contributed by atoms with Crippen molar-refractivity contribution in [3.05, 3.63) is 70.3 Å². The highest BCUT2D eigenvalue weighted by Gasteiger charge is 2.31. The van der Waals surface area contributed by atoms with E-state index in [2.05, 4.69) is 32.9 Å². The number of aromatic hydroxyl groups is 2. The van der Waals surface area contributed by atoms with Gasteiger partial charge in [0.2, 0.25) is 0 Å². The van der Waals surface area contributed by atoms with E-state index >= 15 is 0 Å². The second-order valence-electron chi connectivity index (χ2n) is 8.06. The molecule has 5 heteroatoms. The summed E-state index contributed by atoms with van der Waals surface area (Å²) < 4.78 is 5.92. The van der Waals surface area contributed by atoms with Crippen LogP contribution in [-0.4, -0.2) is 21.1 Å². The van der Waals surface area contributed by atoms with E-state index in [0.29, 0.717) is 12.2 Å². The van der Waals surface area contributed by atoms with E-state index in [4.69, 9.17) is 9.84 Å². The molecule has 5 nitrogen and oxygen atoms in total. The van der Waals surface area contributed by atoms with Gasteiger partial charge in [-0.1, -0.05) is 23.3 Å². The zero-order valence-electron chi connectivity index (χ0n) is 17.7. The first kappa shape index (κ1) is 21.5. The smallest absolute Gasteiger partial charge is 0.257 e. The summed E-state index contributed by atoms with van der Waals surface area (Å²) in [4.78, 5) is 12.5. The molecular formula is C25H29O5+. The SMILES string of the molecule is CC(C)=CCC/C(C)=C/Cc1cc([C@@H]2CC(=O)c3c(O)cc(O)cc3O2)ccc1[OH2+]. The number of phenols is 2. The number of carbonyl (C=O) groups is 1. The van der Waals surface area contributed by atoms with Crippen molar-refractivity contribution in [3.63, 3.8) is 0 Å². The molecule has 2 aromatic rings. The van der Waals surface area contributed by atoms with E-state index in [1.54, 1.807) is 12.1 Å². The maximum absolute atomic E-state index is 12.5. The van der Waals surface area contributed by atoms with Crippen LogP contribution in [0.1, 0.15) is 67.6 Å². The Kier molecular flexibility index (Phi) is 6.50. The number of Topliss-reactive ketones (excluding diaryl/α,β-unsaturated/α-hetero) is 1. The molecule has 30 heavy (non-hydrogen) atoms. The Morgan fingerprint density at radius 3 is 2.67 bits per heavy atom. The van der Waals surface area contributed by atoms with Crippen molar-refractivity contribution in [1.82, 2.24) is 0 Å². The molecule has 0 unspecified atom stereocenters. The molecule has 1 atom stereocenters. The van der Waals surface area contributed by atoms with Gasteiger partial charge in [-0.05, 0) is 57.7 Å². The molecule has 3 rings (SSSR count). The number of rotatable bonds is 6. The van der Waals surface area contributed by atoms with E-state index < -0.39 is 6.10 Å². The third-order valence-electron chi connectivity index (χ3n) is 5.25. The summed E-state index contributed by atoms with van der Waals surface area (Å²) >= 11 is 0. The van der Waals surface area contributed by atoms with Crippen LogP contribution < -0.4 is 4.74 Å². The summed E-state index contributed by atoms with van der Waals surface area (Å²) in [6.07, 6.45) is 6.59. The average Bonchev–Trinajstić information content (AvgIpc) is 2.66. The lowest BCUT2D eigenvalue weighted by atomic mass is 9.94. The summed E-state index contributed by atoms with van der Waals surface area (Å²) in [6, 6.07) is 7.91. The first-order valence-corrected chi connectivity index (χ1v) is 10.1. The zero-order valence-corrected chi connectivity index (χ0v) is 17.7. The van der Waals surface area contributed by atoms with E-state index in [0.717, 1.165) is 30.0 Å². The minimum absolute atomic E-state index is 0.0969. The van der Waals surface area contributed by atoms with Gasteiger partial charge in [-0.15, -0.1) is 0 Å². The number of ketones is 1. The van der Waals surface area contributed by atoms with E-state index in [-0.39, 0.29) is 35.0 Å². The summed E-state index contributed by atoms with van der Waals surface area (Å²) in [5.41, 5.74) is 4.37. The number of fused-ring (bicyclic) bond motifs is 1. The van der Waals surface area contributed by atoms with Gasteiger partial charge in [-0.25, -0.2) is 0 Å². The van der Waals surface area contributed by atoms with Gasteiger partial charge in [-0.2, -0.15) is 0 Å². The molecule has 0 aliphatic carbocycles. The molecule has 1 heterocycles. The summed E-state index contributed by atoms with van der Waals surface area (Å²) in [5, 5.41) is 27.9. The van der Waals surface area contributed by atoms with Crippen LogP contribution in [0.5, 0.6) is 23.0 Å². The quantitative estimate of drug-likeness (QED) is 0.488. The molecule has 0 aromatic heterocycles. The molecule has 0 saturated heterocycles. The Labute approximate surface area is 177 Å². The van der Waals surface area contributed by atoms with Crippen LogP contribution in [0.2, 0.25) is 0 Å². The van der Waals surface area contributed by atoms with Gasteiger partial charge in [-0.3, -0.25) is 4.79 Å². The minimum Gasteiger partial charge on any atom is -0.593 e. The van der Waals surface area contributed by atoms with Gasteiger partial charge in [0, 0.05) is 18.2 Å². The highest BCUT2D eigenvalue weighted by Crippen LogP contribution is 2.42. The highest BCUT2D eigenvalue weighted by atomic mass is 16.5. The van der Waals surface area contributed by atoms with Gasteiger partial charge in [0.15, 0.2) is 5.78 Å². The summed E-state index contributed by atoms with van der Waals surface area (Å²) in [6.45, 7) is 6.29. The van der Waals surface area contributed by atoms with Gasteiger partial charge in [0.1, 0.15) is 28.9 Å². The molecule has 0 saturated carbocycles. The van der Waals surface area contributed by atoms with E-state index in [1.807, 2.05) is 6.07 Å². The monoisotopic (exact) mass is 409 g/mol.